The van der Waals surface area contributed by atoms with Gasteiger partial charge in [0, 0.05) is 16.7 Å². The molecule has 2 rings (SSSR count). The summed E-state index contributed by atoms with van der Waals surface area (Å²) < 4.78 is 5.15. The van der Waals surface area contributed by atoms with Crippen molar-refractivity contribution in [3.63, 3.8) is 0 Å². The molecule has 1 aromatic rings. The van der Waals surface area contributed by atoms with E-state index in [0.29, 0.717) is 21.3 Å². The molecule has 0 N–H and O–H groups in total. The number of ether oxygens (including phenoxy) is 1. The fourth-order valence-corrected chi connectivity index (χ4v) is 3.00. The van der Waals surface area contributed by atoms with Crippen molar-refractivity contribution >= 4 is 35.9 Å². The normalized spacial score (nSPS) is 21.1. The first-order chi connectivity index (χ1) is 10.5. The van der Waals surface area contributed by atoms with E-state index in [1.165, 1.54) is 0 Å². The van der Waals surface area contributed by atoms with Gasteiger partial charge in [-0.25, -0.2) is 4.99 Å². The Morgan fingerprint density at radius 1 is 1.45 bits per heavy atom. The number of nitriles is 1. The number of carbonyl (C=O) groups is 1. The van der Waals surface area contributed by atoms with E-state index in [2.05, 4.69) is 23.7 Å². The molecule has 22 heavy (non-hydrogen) atoms. The molecule has 0 amide bonds. The number of hydrogen-bond donors (Lipinski definition) is 1. The summed E-state index contributed by atoms with van der Waals surface area (Å²) in [5, 5.41) is 10.4. The Morgan fingerprint density at radius 3 is 2.64 bits per heavy atom. The highest BCUT2D eigenvalue weighted by molar-refractivity contribution is 7.84. The van der Waals surface area contributed by atoms with E-state index in [1.54, 1.807) is 38.1 Å². The first-order valence-electron chi connectivity index (χ1n) is 6.80. The number of allylic oxidation sites excluding steroid dienone is 1. The van der Waals surface area contributed by atoms with Crippen molar-refractivity contribution in [1.82, 2.24) is 0 Å². The zero-order valence-electron chi connectivity index (χ0n) is 12.2. The van der Waals surface area contributed by atoms with Gasteiger partial charge in [0.15, 0.2) is 0 Å². The fourth-order valence-electron chi connectivity index (χ4n) is 2.53. The predicted octanol–water partition coefficient (Wildman–Crippen LogP) is 3.74. The number of benzene rings is 1. The summed E-state index contributed by atoms with van der Waals surface area (Å²) in [4.78, 5) is 16.6. The molecule has 0 radical (unpaired) electrons. The van der Waals surface area contributed by atoms with Crippen molar-refractivity contribution in [2.24, 2.45) is 10.9 Å². The molecule has 0 aromatic heterocycles. The topological polar surface area (TPSA) is 62.4 Å². The van der Waals surface area contributed by atoms with Gasteiger partial charge in [0.2, 0.25) is 0 Å². The second-order valence-corrected chi connectivity index (χ2v) is 5.72. The minimum Gasteiger partial charge on any atom is -0.465 e. The second kappa shape index (κ2) is 6.99. The number of aliphatic imine (C=N–C) groups is 1. The van der Waals surface area contributed by atoms with Crippen LogP contribution in [0.15, 0.2) is 39.9 Å². The summed E-state index contributed by atoms with van der Waals surface area (Å²) >= 11 is 10.2. The summed E-state index contributed by atoms with van der Waals surface area (Å²) in [6.07, 6.45) is 0. The average molecular weight is 335 g/mol. The van der Waals surface area contributed by atoms with Crippen LogP contribution in [0, 0.1) is 17.2 Å². The molecule has 0 spiro atoms. The third-order valence-corrected chi connectivity index (χ3v) is 4.10. The van der Waals surface area contributed by atoms with Crippen LogP contribution in [-0.4, -0.2) is 18.3 Å². The number of hydrogen-bond acceptors (Lipinski definition) is 5. The van der Waals surface area contributed by atoms with Crippen LogP contribution in [0.25, 0.3) is 0 Å². The predicted molar refractivity (Wildman–Crippen MR) is 89.1 cm³/mol. The van der Waals surface area contributed by atoms with Gasteiger partial charge in [0.05, 0.1) is 18.2 Å². The molecule has 0 saturated carbocycles. The van der Waals surface area contributed by atoms with E-state index >= 15 is 0 Å². The van der Waals surface area contributed by atoms with E-state index in [9.17, 15) is 10.1 Å². The van der Waals surface area contributed by atoms with Crippen molar-refractivity contribution in [2.45, 2.75) is 19.8 Å². The van der Waals surface area contributed by atoms with E-state index in [0.717, 1.165) is 5.56 Å². The highest BCUT2D eigenvalue weighted by atomic mass is 35.5. The van der Waals surface area contributed by atoms with E-state index < -0.39 is 17.8 Å². The first kappa shape index (κ1) is 16.6. The Kier molecular flexibility index (Phi) is 5.28. The molecular formula is C16H15ClN2O2S. The van der Waals surface area contributed by atoms with Crippen LogP contribution in [0.3, 0.4) is 0 Å². The number of carbonyl (C=O) groups excluding carboxylic acids is 1. The lowest BCUT2D eigenvalue weighted by molar-refractivity contribution is -0.146. The Labute approximate surface area is 139 Å². The molecule has 2 atom stereocenters. The molecule has 0 aliphatic carbocycles. The molecule has 0 bridgehead atoms. The Hall–Kier alpha value is -1.77. The van der Waals surface area contributed by atoms with Crippen LogP contribution in [0.1, 0.15) is 25.3 Å². The first-order valence-corrected chi connectivity index (χ1v) is 7.62. The van der Waals surface area contributed by atoms with Crippen LogP contribution in [0.5, 0.6) is 0 Å². The smallest absolute Gasteiger partial charge is 0.315 e. The van der Waals surface area contributed by atoms with Gasteiger partial charge < -0.3 is 4.74 Å². The van der Waals surface area contributed by atoms with Crippen LogP contribution in [-0.2, 0) is 9.53 Å². The van der Waals surface area contributed by atoms with Gasteiger partial charge in [-0.2, -0.15) is 5.26 Å². The highest BCUT2D eigenvalue weighted by Crippen LogP contribution is 2.40. The zero-order valence-corrected chi connectivity index (χ0v) is 13.9. The van der Waals surface area contributed by atoms with Crippen molar-refractivity contribution in [2.75, 3.05) is 6.61 Å². The highest BCUT2D eigenvalue weighted by Gasteiger charge is 2.39. The minimum absolute atomic E-state index is 0.273. The summed E-state index contributed by atoms with van der Waals surface area (Å²) in [5.74, 6) is -1.49. The summed E-state index contributed by atoms with van der Waals surface area (Å²) in [6.45, 7) is 3.76. The lowest BCUT2D eigenvalue weighted by atomic mass is 9.77. The molecular weight excluding hydrogens is 320 g/mol. The monoisotopic (exact) mass is 334 g/mol. The molecule has 0 saturated heterocycles. The Bertz CT molecular complexity index is 689. The van der Waals surface area contributed by atoms with Gasteiger partial charge in [0.1, 0.15) is 10.9 Å². The van der Waals surface area contributed by atoms with Crippen LogP contribution >= 0.6 is 24.2 Å². The van der Waals surface area contributed by atoms with E-state index in [-0.39, 0.29) is 6.61 Å². The fraction of sp³-hybridized carbons (Fsp3) is 0.312. The summed E-state index contributed by atoms with van der Waals surface area (Å²) in [6, 6.07) is 9.18. The molecule has 114 valence electrons. The molecule has 1 aliphatic rings. The van der Waals surface area contributed by atoms with Crippen LogP contribution in [0.4, 0.5) is 0 Å². The molecule has 6 heteroatoms. The zero-order chi connectivity index (χ0) is 16.3. The second-order valence-electron chi connectivity index (χ2n) is 4.86. The number of halogens is 1. The maximum atomic E-state index is 12.3. The maximum absolute atomic E-state index is 12.3. The minimum atomic E-state index is -0.633. The molecule has 4 nitrogen and oxygen atoms in total. The van der Waals surface area contributed by atoms with Crippen LogP contribution in [0.2, 0.25) is 5.02 Å². The van der Waals surface area contributed by atoms with Gasteiger partial charge in [-0.3, -0.25) is 4.79 Å². The number of nitrogens with zero attached hydrogens (tertiary/aromatic N) is 2. The quantitative estimate of drug-likeness (QED) is 0.676. The van der Waals surface area contributed by atoms with Crippen molar-refractivity contribution < 1.29 is 9.53 Å². The van der Waals surface area contributed by atoms with Crippen molar-refractivity contribution in [1.29, 1.82) is 5.26 Å². The van der Waals surface area contributed by atoms with E-state index in [4.69, 9.17) is 16.3 Å². The lowest BCUT2D eigenvalue weighted by Crippen LogP contribution is -2.33. The maximum Gasteiger partial charge on any atom is 0.315 e. The average Bonchev–Trinajstić information content (AvgIpc) is 2.47. The van der Waals surface area contributed by atoms with Gasteiger partial charge in [-0.15, -0.1) is 12.6 Å². The molecule has 1 unspecified atom stereocenters. The third-order valence-electron chi connectivity index (χ3n) is 3.51. The molecule has 1 aromatic carbocycles. The summed E-state index contributed by atoms with van der Waals surface area (Å²) in [7, 11) is 0. The van der Waals surface area contributed by atoms with Crippen molar-refractivity contribution in [3.05, 3.63) is 45.5 Å². The van der Waals surface area contributed by atoms with Gasteiger partial charge in [0.25, 0.3) is 0 Å². The number of rotatable bonds is 3. The van der Waals surface area contributed by atoms with E-state index in [1.807, 2.05) is 0 Å². The third kappa shape index (κ3) is 3.18. The standard InChI is InChI=1S/C16H15ClN2O2S/c1-3-21-16(20)13-9(2)19-15(22)12(8-18)14(13)10-4-6-11(17)7-5-10/h4-7,13-14,22H,3H2,1-2H3/t13?,14-/m0/s1. The van der Waals surface area contributed by atoms with Gasteiger partial charge >= 0.3 is 5.97 Å². The van der Waals surface area contributed by atoms with Crippen molar-refractivity contribution in [3.8, 4) is 6.07 Å². The Morgan fingerprint density at radius 2 is 2.09 bits per heavy atom. The number of esters is 1. The SMILES string of the molecule is CCOC(=O)C1C(C)=NC(S)=C(C#N)[C@@H]1c1ccc(Cl)cc1. The Balaban J connectivity index is 2.56. The van der Waals surface area contributed by atoms with Crippen LogP contribution < -0.4 is 0 Å². The summed E-state index contributed by atoms with van der Waals surface area (Å²) in [5.41, 5.74) is 1.75. The molecule has 0 fully saturated rings. The van der Waals surface area contributed by atoms with Gasteiger partial charge in [-0.1, -0.05) is 23.7 Å². The lowest BCUT2D eigenvalue weighted by Gasteiger charge is -2.29. The molecule has 1 aliphatic heterocycles. The molecule has 1 heterocycles. The van der Waals surface area contributed by atoms with Gasteiger partial charge in [-0.05, 0) is 31.5 Å². The number of thiol groups is 1. The largest absolute Gasteiger partial charge is 0.465 e.